The summed E-state index contributed by atoms with van der Waals surface area (Å²) >= 11 is 0.943. The van der Waals surface area contributed by atoms with E-state index in [1.54, 1.807) is 12.1 Å². The van der Waals surface area contributed by atoms with Gasteiger partial charge in [-0.15, -0.1) is 0 Å². The van der Waals surface area contributed by atoms with Gasteiger partial charge in [0.15, 0.2) is 0 Å². The van der Waals surface area contributed by atoms with E-state index in [2.05, 4.69) is 10.2 Å². The fourth-order valence-corrected chi connectivity index (χ4v) is 2.66. The Morgan fingerprint density at radius 1 is 1.52 bits per heavy atom. The zero-order valence-electron chi connectivity index (χ0n) is 11.8. The molecule has 3 N–H and O–H groups in total. The highest BCUT2D eigenvalue weighted by Crippen LogP contribution is 2.31. The van der Waals surface area contributed by atoms with E-state index in [1.807, 2.05) is 7.05 Å². The molecule has 2 rings (SSSR count). The van der Waals surface area contributed by atoms with Crippen molar-refractivity contribution in [2.24, 2.45) is 5.14 Å². The average molecular weight is 314 g/mol. The second kappa shape index (κ2) is 6.59. The number of benzene rings is 1. The van der Waals surface area contributed by atoms with Crippen molar-refractivity contribution in [1.29, 1.82) is 0 Å². The minimum absolute atomic E-state index is 0.0802. The van der Waals surface area contributed by atoms with Crippen LogP contribution in [0, 0.1) is 10.1 Å². The molecule has 0 unspecified atom stereocenters. The smallest absolute Gasteiger partial charge is 0.293 e. The van der Waals surface area contributed by atoms with E-state index in [4.69, 9.17) is 5.14 Å². The third-order valence-corrected chi connectivity index (χ3v) is 4.31. The molecule has 1 saturated heterocycles. The first-order valence-corrected chi connectivity index (χ1v) is 7.58. The summed E-state index contributed by atoms with van der Waals surface area (Å²) in [5.41, 5.74) is -1.07. The first-order chi connectivity index (χ1) is 9.93. The molecule has 1 fully saturated rings. The SMILES string of the molecule is CN1CCC(F)(CNc2ccc(SN)cc2[N+](=O)[O-])CC1. The lowest BCUT2D eigenvalue weighted by Crippen LogP contribution is -2.44. The molecule has 6 nitrogen and oxygen atoms in total. The number of alkyl halides is 1. The molecule has 1 aliphatic rings. The van der Waals surface area contributed by atoms with Gasteiger partial charge < -0.3 is 10.2 Å². The van der Waals surface area contributed by atoms with Gasteiger partial charge in [-0.3, -0.25) is 15.3 Å². The van der Waals surface area contributed by atoms with Gasteiger partial charge in [0.1, 0.15) is 11.4 Å². The number of halogens is 1. The summed E-state index contributed by atoms with van der Waals surface area (Å²) in [5, 5.41) is 19.4. The van der Waals surface area contributed by atoms with Crippen molar-refractivity contribution in [3.05, 3.63) is 28.3 Å². The molecule has 0 radical (unpaired) electrons. The summed E-state index contributed by atoms with van der Waals surface area (Å²) in [6.07, 6.45) is 0.863. The Morgan fingerprint density at radius 2 is 2.19 bits per heavy atom. The molecular formula is C13H19FN4O2S. The van der Waals surface area contributed by atoms with Crippen molar-refractivity contribution < 1.29 is 9.31 Å². The summed E-state index contributed by atoms with van der Waals surface area (Å²) in [4.78, 5) is 13.3. The number of nitrogens with one attached hydrogen (secondary N) is 1. The predicted octanol–water partition coefficient (Wildman–Crippen LogP) is 2.41. The Kier molecular flexibility index (Phi) is 5.02. The highest BCUT2D eigenvalue weighted by molar-refractivity contribution is 7.97. The summed E-state index contributed by atoms with van der Waals surface area (Å²) in [6, 6.07) is 4.65. The maximum absolute atomic E-state index is 14.6. The number of rotatable bonds is 5. The Hall–Kier alpha value is -1.38. The number of hydrogen-bond donors (Lipinski definition) is 2. The normalized spacial score (nSPS) is 18.4. The second-order valence-corrected chi connectivity index (χ2v) is 6.07. The fraction of sp³-hybridized carbons (Fsp3) is 0.538. The van der Waals surface area contributed by atoms with Crippen LogP contribution in [0.3, 0.4) is 0 Å². The van der Waals surface area contributed by atoms with Gasteiger partial charge in [0.2, 0.25) is 0 Å². The molecule has 21 heavy (non-hydrogen) atoms. The topological polar surface area (TPSA) is 84.4 Å². The Labute approximate surface area is 127 Å². The molecule has 0 spiro atoms. The first-order valence-electron chi connectivity index (χ1n) is 6.70. The van der Waals surface area contributed by atoms with Crippen molar-refractivity contribution in [2.45, 2.75) is 23.4 Å². The van der Waals surface area contributed by atoms with E-state index in [0.29, 0.717) is 36.5 Å². The monoisotopic (exact) mass is 314 g/mol. The molecule has 1 aromatic rings. The molecule has 0 aliphatic carbocycles. The minimum atomic E-state index is -1.32. The van der Waals surface area contributed by atoms with Crippen LogP contribution in [-0.4, -0.2) is 42.2 Å². The lowest BCUT2D eigenvalue weighted by Gasteiger charge is -2.34. The maximum Gasteiger partial charge on any atom is 0.293 e. The van der Waals surface area contributed by atoms with E-state index < -0.39 is 10.6 Å². The van der Waals surface area contributed by atoms with E-state index in [-0.39, 0.29) is 12.2 Å². The van der Waals surface area contributed by atoms with Crippen LogP contribution in [0.5, 0.6) is 0 Å². The maximum atomic E-state index is 14.6. The van der Waals surface area contributed by atoms with Crippen LogP contribution in [0.2, 0.25) is 0 Å². The Balaban J connectivity index is 2.07. The molecule has 0 atom stereocenters. The van der Waals surface area contributed by atoms with E-state index in [1.165, 1.54) is 6.07 Å². The summed E-state index contributed by atoms with van der Waals surface area (Å²) in [5.74, 6) is 0. The number of nitrogens with zero attached hydrogens (tertiary/aromatic N) is 2. The second-order valence-electron chi connectivity index (χ2n) is 5.36. The van der Waals surface area contributed by atoms with Gasteiger partial charge in [-0.2, -0.15) is 0 Å². The Morgan fingerprint density at radius 3 is 2.76 bits per heavy atom. The standard InChI is InChI=1S/C13H19FN4O2S/c1-17-6-4-13(14,5-7-17)9-16-11-3-2-10(21-15)8-12(11)18(19)20/h2-3,8,16H,4-7,9,15H2,1H3. The number of anilines is 1. The minimum Gasteiger partial charge on any atom is -0.376 e. The highest BCUT2D eigenvalue weighted by Gasteiger charge is 2.33. The summed E-state index contributed by atoms with van der Waals surface area (Å²) < 4.78 is 14.6. The van der Waals surface area contributed by atoms with Gasteiger partial charge >= 0.3 is 0 Å². The number of likely N-dealkylation sites (tertiary alicyclic amines) is 1. The van der Waals surface area contributed by atoms with Gasteiger partial charge in [0.05, 0.1) is 4.92 Å². The van der Waals surface area contributed by atoms with E-state index >= 15 is 0 Å². The number of nitrogens with two attached hydrogens (primary N) is 1. The van der Waals surface area contributed by atoms with E-state index in [9.17, 15) is 14.5 Å². The van der Waals surface area contributed by atoms with Crippen molar-refractivity contribution in [3.63, 3.8) is 0 Å². The van der Waals surface area contributed by atoms with Crippen molar-refractivity contribution in [3.8, 4) is 0 Å². The number of piperidine rings is 1. The molecule has 1 aromatic carbocycles. The average Bonchev–Trinajstić information content (AvgIpc) is 2.48. The van der Waals surface area contributed by atoms with Crippen LogP contribution in [0.1, 0.15) is 12.8 Å². The van der Waals surface area contributed by atoms with Crippen molar-refractivity contribution >= 4 is 23.3 Å². The molecule has 8 heteroatoms. The molecule has 1 aliphatic heterocycles. The molecule has 116 valence electrons. The summed E-state index contributed by atoms with van der Waals surface area (Å²) in [7, 11) is 1.96. The van der Waals surface area contributed by atoms with Crippen molar-refractivity contribution in [2.75, 3.05) is 32.0 Å². The third kappa shape index (κ3) is 4.05. The lowest BCUT2D eigenvalue weighted by atomic mass is 9.93. The largest absolute Gasteiger partial charge is 0.376 e. The molecule has 0 bridgehead atoms. The molecule has 0 saturated carbocycles. The van der Waals surface area contributed by atoms with Crippen LogP contribution < -0.4 is 10.5 Å². The van der Waals surface area contributed by atoms with Crippen LogP contribution in [-0.2, 0) is 0 Å². The number of nitro groups is 1. The van der Waals surface area contributed by atoms with Crippen LogP contribution in [0.15, 0.2) is 23.1 Å². The number of nitro benzene ring substituents is 1. The lowest BCUT2D eigenvalue weighted by molar-refractivity contribution is -0.384. The molecule has 0 aromatic heterocycles. The predicted molar refractivity (Wildman–Crippen MR) is 82.2 cm³/mol. The van der Waals surface area contributed by atoms with Gasteiger partial charge in [-0.25, -0.2) is 4.39 Å². The van der Waals surface area contributed by atoms with Gasteiger partial charge in [0.25, 0.3) is 5.69 Å². The zero-order valence-corrected chi connectivity index (χ0v) is 12.7. The molecule has 0 amide bonds. The zero-order chi connectivity index (χ0) is 15.5. The summed E-state index contributed by atoms with van der Waals surface area (Å²) in [6.45, 7) is 1.48. The van der Waals surface area contributed by atoms with Crippen LogP contribution in [0.25, 0.3) is 0 Å². The van der Waals surface area contributed by atoms with Gasteiger partial charge in [-0.05, 0) is 44.0 Å². The van der Waals surface area contributed by atoms with Crippen LogP contribution >= 0.6 is 11.9 Å². The van der Waals surface area contributed by atoms with Gasteiger partial charge in [-0.1, -0.05) is 0 Å². The highest BCUT2D eigenvalue weighted by atomic mass is 32.2. The molecule has 1 heterocycles. The van der Waals surface area contributed by atoms with Crippen LogP contribution in [0.4, 0.5) is 15.8 Å². The number of hydrogen-bond acceptors (Lipinski definition) is 6. The fourth-order valence-electron chi connectivity index (χ4n) is 2.33. The first kappa shape index (κ1) is 16.0. The molecular weight excluding hydrogens is 295 g/mol. The Bertz CT molecular complexity index is 521. The quantitative estimate of drug-likeness (QED) is 0.493. The van der Waals surface area contributed by atoms with Gasteiger partial charge in [0, 0.05) is 30.6 Å². The van der Waals surface area contributed by atoms with E-state index in [0.717, 1.165) is 11.9 Å². The van der Waals surface area contributed by atoms with Crippen molar-refractivity contribution in [1.82, 2.24) is 4.90 Å². The third-order valence-electron chi connectivity index (χ3n) is 3.78.